The van der Waals surface area contributed by atoms with E-state index in [4.69, 9.17) is 4.74 Å². The molecule has 1 aromatic rings. The third-order valence-corrected chi connectivity index (χ3v) is 3.63. The van der Waals surface area contributed by atoms with E-state index in [9.17, 15) is 0 Å². The van der Waals surface area contributed by atoms with Crippen molar-refractivity contribution in [3.05, 3.63) is 12.2 Å². The maximum absolute atomic E-state index is 5.66. The monoisotopic (exact) mass is 238 g/mol. The van der Waals surface area contributed by atoms with E-state index in [2.05, 4.69) is 29.2 Å². The molecular formula is C12H22N4O. The summed E-state index contributed by atoms with van der Waals surface area (Å²) in [6.45, 7) is 6.17. The molecule has 0 bridgehead atoms. The molecule has 0 radical (unpaired) electrons. The molecule has 3 unspecified atom stereocenters. The number of ether oxygens (including phenoxy) is 1. The Hall–Kier alpha value is -0.940. The smallest absolute Gasteiger partial charge is 0.138 e. The van der Waals surface area contributed by atoms with E-state index in [0.717, 1.165) is 31.8 Å². The predicted molar refractivity (Wildman–Crippen MR) is 65.7 cm³/mol. The summed E-state index contributed by atoms with van der Waals surface area (Å²) in [6, 6.07) is 0.431. The van der Waals surface area contributed by atoms with Crippen LogP contribution in [0.5, 0.6) is 0 Å². The van der Waals surface area contributed by atoms with Crippen molar-refractivity contribution in [2.45, 2.75) is 38.8 Å². The lowest BCUT2D eigenvalue weighted by Gasteiger charge is -2.26. The number of aromatic nitrogens is 3. The van der Waals surface area contributed by atoms with E-state index in [1.54, 1.807) is 6.33 Å². The second-order valence-electron chi connectivity index (χ2n) is 4.70. The summed E-state index contributed by atoms with van der Waals surface area (Å²) in [6.07, 6.45) is 4.01. The molecule has 0 spiro atoms. The normalized spacial score (nSPS) is 26.3. The zero-order valence-electron chi connectivity index (χ0n) is 10.9. The minimum atomic E-state index is 0.340. The largest absolute Gasteiger partial charge is 0.378 e. The van der Waals surface area contributed by atoms with Crippen LogP contribution in [0.3, 0.4) is 0 Å². The SMILES string of the molecule is CCNC(Cc1ncnn1C)C1CCOC1C. The molecule has 2 rings (SSSR count). The molecule has 3 atom stereocenters. The maximum atomic E-state index is 5.66. The predicted octanol–water partition coefficient (Wildman–Crippen LogP) is 0.761. The summed E-state index contributed by atoms with van der Waals surface area (Å²) >= 11 is 0. The highest BCUT2D eigenvalue weighted by Crippen LogP contribution is 2.25. The van der Waals surface area contributed by atoms with Crippen LogP contribution in [0.25, 0.3) is 0 Å². The van der Waals surface area contributed by atoms with Gasteiger partial charge >= 0.3 is 0 Å². The maximum Gasteiger partial charge on any atom is 0.138 e. The van der Waals surface area contributed by atoms with Crippen molar-refractivity contribution in [3.8, 4) is 0 Å². The van der Waals surface area contributed by atoms with Gasteiger partial charge in [-0.1, -0.05) is 6.92 Å². The van der Waals surface area contributed by atoms with Crippen LogP contribution in [0.2, 0.25) is 0 Å². The lowest BCUT2D eigenvalue weighted by Crippen LogP contribution is -2.41. The molecule has 0 saturated carbocycles. The highest BCUT2D eigenvalue weighted by Gasteiger charge is 2.32. The topological polar surface area (TPSA) is 52.0 Å². The average Bonchev–Trinajstić information content (AvgIpc) is 2.88. The van der Waals surface area contributed by atoms with Gasteiger partial charge in [-0.25, -0.2) is 4.98 Å². The minimum absolute atomic E-state index is 0.340. The molecule has 5 heteroatoms. The highest BCUT2D eigenvalue weighted by atomic mass is 16.5. The van der Waals surface area contributed by atoms with E-state index >= 15 is 0 Å². The fourth-order valence-corrected chi connectivity index (χ4v) is 2.62. The number of nitrogens with zero attached hydrogens (tertiary/aromatic N) is 3. The Bertz CT molecular complexity index is 352. The fourth-order valence-electron chi connectivity index (χ4n) is 2.62. The first-order valence-electron chi connectivity index (χ1n) is 6.40. The van der Waals surface area contributed by atoms with Gasteiger partial charge in [0.15, 0.2) is 0 Å². The molecule has 0 aliphatic carbocycles. The quantitative estimate of drug-likeness (QED) is 0.823. The van der Waals surface area contributed by atoms with E-state index in [1.165, 1.54) is 0 Å². The highest BCUT2D eigenvalue weighted by molar-refractivity contribution is 4.94. The number of likely N-dealkylation sites (N-methyl/N-ethyl adjacent to an activating group) is 1. The summed E-state index contributed by atoms with van der Waals surface area (Å²) < 4.78 is 7.51. The van der Waals surface area contributed by atoms with E-state index in [1.807, 2.05) is 11.7 Å². The third kappa shape index (κ3) is 2.84. The van der Waals surface area contributed by atoms with Crippen LogP contribution in [-0.4, -0.2) is 40.1 Å². The molecule has 5 nitrogen and oxygen atoms in total. The number of hydrogen-bond donors (Lipinski definition) is 1. The minimum Gasteiger partial charge on any atom is -0.378 e. The van der Waals surface area contributed by atoms with Crippen molar-refractivity contribution in [1.82, 2.24) is 20.1 Å². The first kappa shape index (κ1) is 12.5. The third-order valence-electron chi connectivity index (χ3n) is 3.63. The van der Waals surface area contributed by atoms with Gasteiger partial charge in [0.2, 0.25) is 0 Å². The van der Waals surface area contributed by atoms with Crippen LogP contribution in [0, 0.1) is 5.92 Å². The van der Waals surface area contributed by atoms with Crippen molar-refractivity contribution < 1.29 is 4.74 Å². The van der Waals surface area contributed by atoms with Crippen LogP contribution in [-0.2, 0) is 18.2 Å². The van der Waals surface area contributed by atoms with Crippen molar-refractivity contribution in [2.75, 3.05) is 13.2 Å². The van der Waals surface area contributed by atoms with E-state index < -0.39 is 0 Å². The van der Waals surface area contributed by atoms with Crippen molar-refractivity contribution in [2.24, 2.45) is 13.0 Å². The Balaban J connectivity index is 2.04. The molecule has 1 N–H and O–H groups in total. The van der Waals surface area contributed by atoms with Gasteiger partial charge in [0.05, 0.1) is 6.10 Å². The Morgan fingerprint density at radius 1 is 1.65 bits per heavy atom. The Labute approximate surface area is 103 Å². The number of nitrogens with one attached hydrogen (secondary N) is 1. The molecule has 0 aromatic carbocycles. The van der Waals surface area contributed by atoms with Crippen molar-refractivity contribution in [3.63, 3.8) is 0 Å². The summed E-state index contributed by atoms with van der Waals surface area (Å²) in [7, 11) is 1.94. The zero-order valence-corrected chi connectivity index (χ0v) is 10.9. The molecule has 1 aliphatic rings. The molecule has 17 heavy (non-hydrogen) atoms. The van der Waals surface area contributed by atoms with Crippen LogP contribution >= 0.6 is 0 Å². The Morgan fingerprint density at radius 3 is 3.00 bits per heavy atom. The van der Waals surface area contributed by atoms with Crippen LogP contribution in [0.4, 0.5) is 0 Å². The van der Waals surface area contributed by atoms with Crippen molar-refractivity contribution >= 4 is 0 Å². The molecular weight excluding hydrogens is 216 g/mol. The van der Waals surface area contributed by atoms with Gasteiger partial charge in [0, 0.05) is 32.0 Å². The standard InChI is InChI=1S/C12H22N4O/c1-4-13-11(10-5-6-17-9(10)2)7-12-14-8-15-16(12)3/h8-11,13H,4-7H2,1-3H3. The lowest BCUT2D eigenvalue weighted by atomic mass is 9.91. The molecule has 0 amide bonds. The van der Waals surface area contributed by atoms with Gasteiger partial charge in [-0.05, 0) is 19.9 Å². The fraction of sp³-hybridized carbons (Fsp3) is 0.833. The summed E-state index contributed by atoms with van der Waals surface area (Å²) in [5.74, 6) is 1.61. The van der Waals surface area contributed by atoms with Crippen LogP contribution in [0.1, 0.15) is 26.1 Å². The van der Waals surface area contributed by atoms with E-state index in [-0.39, 0.29) is 0 Å². The van der Waals surface area contributed by atoms with Crippen LogP contribution in [0.15, 0.2) is 6.33 Å². The first-order valence-corrected chi connectivity index (χ1v) is 6.40. The Morgan fingerprint density at radius 2 is 2.47 bits per heavy atom. The molecule has 1 saturated heterocycles. The summed E-state index contributed by atoms with van der Waals surface area (Å²) in [5.41, 5.74) is 0. The number of hydrogen-bond acceptors (Lipinski definition) is 4. The summed E-state index contributed by atoms with van der Waals surface area (Å²) in [4.78, 5) is 4.31. The zero-order chi connectivity index (χ0) is 12.3. The Kier molecular flexibility index (Phi) is 4.12. The molecule has 1 aromatic heterocycles. The number of aryl methyl sites for hydroxylation is 1. The van der Waals surface area contributed by atoms with Crippen LogP contribution < -0.4 is 5.32 Å². The second kappa shape index (κ2) is 5.60. The molecule has 2 heterocycles. The average molecular weight is 238 g/mol. The molecule has 1 aliphatic heterocycles. The molecule has 96 valence electrons. The number of rotatable bonds is 5. The van der Waals surface area contributed by atoms with Crippen molar-refractivity contribution in [1.29, 1.82) is 0 Å². The summed E-state index contributed by atoms with van der Waals surface area (Å²) in [5, 5.41) is 7.68. The van der Waals surface area contributed by atoms with Gasteiger partial charge < -0.3 is 10.1 Å². The van der Waals surface area contributed by atoms with Gasteiger partial charge in [-0.2, -0.15) is 5.10 Å². The first-order chi connectivity index (χ1) is 8.22. The molecule has 1 fully saturated rings. The van der Waals surface area contributed by atoms with Gasteiger partial charge in [-0.15, -0.1) is 0 Å². The van der Waals surface area contributed by atoms with E-state index in [0.29, 0.717) is 18.1 Å². The lowest BCUT2D eigenvalue weighted by molar-refractivity contribution is 0.0952. The van der Waals surface area contributed by atoms with Gasteiger partial charge in [0.1, 0.15) is 12.2 Å². The van der Waals surface area contributed by atoms with Gasteiger partial charge in [-0.3, -0.25) is 4.68 Å². The second-order valence-corrected chi connectivity index (χ2v) is 4.70. The van der Waals surface area contributed by atoms with Gasteiger partial charge in [0.25, 0.3) is 0 Å².